The molecule has 2 N–H and O–H groups in total. The Morgan fingerprint density at radius 2 is 2.13 bits per heavy atom. The summed E-state index contributed by atoms with van der Waals surface area (Å²) in [5.74, 6) is -1.00. The third kappa shape index (κ3) is 3.57. The van der Waals surface area contributed by atoms with Crippen LogP contribution in [-0.4, -0.2) is 29.6 Å². The summed E-state index contributed by atoms with van der Waals surface area (Å²) >= 11 is 2.03. The van der Waals surface area contributed by atoms with Gasteiger partial charge < -0.3 is 9.63 Å². The first-order valence-corrected chi connectivity index (χ1v) is 9.25. The fourth-order valence-corrected chi connectivity index (χ4v) is 5.01. The molecule has 0 unspecified atom stereocenters. The van der Waals surface area contributed by atoms with Gasteiger partial charge >= 0.3 is 5.97 Å². The van der Waals surface area contributed by atoms with Crippen LogP contribution in [0.15, 0.2) is 39.4 Å². The largest absolute Gasteiger partial charge is 0.481 e. The molecule has 0 fully saturated rings. The minimum atomic E-state index is -3.79. The third-order valence-electron chi connectivity index (χ3n) is 2.64. The summed E-state index contributed by atoms with van der Waals surface area (Å²) < 4.78 is 31.8. The van der Waals surface area contributed by atoms with Crippen molar-refractivity contribution in [3.05, 3.63) is 35.5 Å². The first-order valence-electron chi connectivity index (χ1n) is 6.14. The van der Waals surface area contributed by atoms with Crippen LogP contribution in [-0.2, 0) is 21.2 Å². The second-order valence-electron chi connectivity index (χ2n) is 4.31. The van der Waals surface area contributed by atoms with Crippen molar-refractivity contribution in [1.82, 2.24) is 10.1 Å². The van der Waals surface area contributed by atoms with E-state index in [0.717, 1.165) is 22.7 Å². The molecule has 0 aliphatic rings. The topological polar surface area (TPSA) is 122 Å². The van der Waals surface area contributed by atoms with Gasteiger partial charge in [-0.15, -0.1) is 22.7 Å². The molecule has 0 amide bonds. The van der Waals surface area contributed by atoms with Crippen molar-refractivity contribution in [2.45, 2.75) is 10.6 Å². The molecule has 3 aromatic rings. The van der Waals surface area contributed by atoms with Crippen LogP contribution in [0.3, 0.4) is 0 Å². The van der Waals surface area contributed by atoms with Gasteiger partial charge in [0.1, 0.15) is 16.2 Å². The molecule has 0 saturated carbocycles. The van der Waals surface area contributed by atoms with E-state index in [1.54, 1.807) is 12.1 Å². The highest BCUT2D eigenvalue weighted by atomic mass is 32.2. The van der Waals surface area contributed by atoms with Gasteiger partial charge in [0.2, 0.25) is 0 Å². The molecule has 3 heterocycles. The first-order chi connectivity index (χ1) is 10.9. The number of carboxylic acids is 1. The maximum atomic E-state index is 12.3. The second kappa shape index (κ2) is 6.10. The summed E-state index contributed by atoms with van der Waals surface area (Å²) in [7, 11) is -3.79. The predicted molar refractivity (Wildman–Crippen MR) is 84.1 cm³/mol. The molecule has 8 nitrogen and oxygen atoms in total. The maximum absolute atomic E-state index is 12.3. The number of carboxylic acid groups (broad SMARTS) is 1. The van der Waals surface area contributed by atoms with Crippen LogP contribution in [0, 0.1) is 0 Å². The average Bonchev–Trinajstić information content (AvgIpc) is 3.18. The second-order valence-corrected chi connectivity index (χ2v) is 8.42. The highest BCUT2D eigenvalue weighted by molar-refractivity contribution is 7.95. The number of carbonyl (C=O) groups is 1. The molecular formula is C12H9N3O5S3. The summed E-state index contributed by atoms with van der Waals surface area (Å²) in [5.41, 5.74) is 0.550. The Labute approximate surface area is 138 Å². The molecule has 23 heavy (non-hydrogen) atoms. The number of nitrogens with one attached hydrogen (secondary N) is 1. The molecule has 0 aliphatic carbocycles. The van der Waals surface area contributed by atoms with Gasteiger partial charge in [0.15, 0.2) is 5.13 Å². The molecule has 0 spiro atoms. The van der Waals surface area contributed by atoms with Gasteiger partial charge in [-0.1, -0.05) is 5.16 Å². The van der Waals surface area contributed by atoms with Crippen molar-refractivity contribution in [3.8, 4) is 10.6 Å². The van der Waals surface area contributed by atoms with Crippen molar-refractivity contribution >= 4 is 43.8 Å². The van der Waals surface area contributed by atoms with Crippen LogP contribution in [0.25, 0.3) is 10.6 Å². The molecule has 11 heteroatoms. The number of sulfonamides is 1. The molecule has 3 rings (SSSR count). The van der Waals surface area contributed by atoms with E-state index in [9.17, 15) is 13.2 Å². The van der Waals surface area contributed by atoms with E-state index in [1.165, 1.54) is 18.5 Å². The van der Waals surface area contributed by atoms with Crippen LogP contribution in [0.1, 0.15) is 4.88 Å². The minimum absolute atomic E-state index is 0.102. The van der Waals surface area contributed by atoms with E-state index in [0.29, 0.717) is 15.4 Å². The monoisotopic (exact) mass is 371 g/mol. The number of thiazole rings is 1. The van der Waals surface area contributed by atoms with Gasteiger partial charge in [0, 0.05) is 17.1 Å². The maximum Gasteiger partial charge on any atom is 0.308 e. The van der Waals surface area contributed by atoms with Gasteiger partial charge in [0.25, 0.3) is 10.0 Å². The zero-order chi connectivity index (χ0) is 16.4. The summed E-state index contributed by atoms with van der Waals surface area (Å²) in [6.07, 6.45) is 2.54. The summed E-state index contributed by atoms with van der Waals surface area (Å²) in [5, 5.41) is 12.6. The molecular weight excluding hydrogens is 362 g/mol. The number of rotatable bonds is 6. The van der Waals surface area contributed by atoms with Crippen molar-refractivity contribution in [3.63, 3.8) is 0 Å². The van der Waals surface area contributed by atoms with Crippen LogP contribution in [0.2, 0.25) is 0 Å². The Kier molecular flexibility index (Phi) is 4.15. The summed E-state index contributed by atoms with van der Waals surface area (Å²) in [4.78, 5) is 15.6. The molecule has 0 aliphatic heterocycles. The Bertz CT molecular complexity index is 927. The number of thiophene rings is 1. The van der Waals surface area contributed by atoms with E-state index in [2.05, 4.69) is 14.9 Å². The lowest BCUT2D eigenvalue weighted by molar-refractivity contribution is -0.136. The lowest BCUT2D eigenvalue weighted by atomic mass is 10.3. The fraction of sp³-hybridized carbons (Fsp3) is 0.0833. The van der Waals surface area contributed by atoms with Gasteiger partial charge in [-0.3, -0.25) is 9.52 Å². The van der Waals surface area contributed by atoms with E-state index >= 15 is 0 Å². The molecule has 0 bridgehead atoms. The third-order valence-corrected chi connectivity index (χ3v) is 6.62. The Hall–Kier alpha value is -2.24. The van der Waals surface area contributed by atoms with Gasteiger partial charge in [-0.05, 0) is 12.1 Å². The van der Waals surface area contributed by atoms with Crippen LogP contribution in [0.4, 0.5) is 5.13 Å². The van der Waals surface area contributed by atoms with E-state index in [1.807, 2.05) is 0 Å². The average molecular weight is 371 g/mol. The molecule has 120 valence electrons. The number of aromatic nitrogens is 2. The minimum Gasteiger partial charge on any atom is -0.481 e. The van der Waals surface area contributed by atoms with Gasteiger partial charge in [0.05, 0.1) is 11.3 Å². The zero-order valence-electron chi connectivity index (χ0n) is 11.3. The molecule has 0 atom stereocenters. The molecule has 0 aromatic carbocycles. The summed E-state index contributed by atoms with van der Waals surface area (Å²) in [6, 6.07) is 4.73. The lowest BCUT2D eigenvalue weighted by Crippen LogP contribution is -2.10. The van der Waals surface area contributed by atoms with Crippen molar-refractivity contribution in [2.24, 2.45) is 0 Å². The Balaban J connectivity index is 1.79. The van der Waals surface area contributed by atoms with Crippen LogP contribution >= 0.6 is 22.7 Å². The smallest absolute Gasteiger partial charge is 0.308 e. The summed E-state index contributed by atoms with van der Waals surface area (Å²) in [6.45, 7) is 0. The highest BCUT2D eigenvalue weighted by Crippen LogP contribution is 2.31. The van der Waals surface area contributed by atoms with E-state index in [-0.39, 0.29) is 15.8 Å². The number of anilines is 1. The molecule has 0 radical (unpaired) electrons. The Morgan fingerprint density at radius 1 is 1.30 bits per heavy atom. The van der Waals surface area contributed by atoms with E-state index in [4.69, 9.17) is 9.63 Å². The normalized spacial score (nSPS) is 11.5. The standard InChI is InChI=1S/C12H9N3O5S3/c16-10(17)5-7-6-13-12(21-7)15-23(18,19)11-2-1-9(22-11)8-3-4-20-14-8/h1-4,6H,5H2,(H,13,15)(H,16,17). The molecule has 0 saturated heterocycles. The van der Waals surface area contributed by atoms with Crippen LogP contribution in [0.5, 0.6) is 0 Å². The Morgan fingerprint density at radius 3 is 2.83 bits per heavy atom. The highest BCUT2D eigenvalue weighted by Gasteiger charge is 2.20. The lowest BCUT2D eigenvalue weighted by Gasteiger charge is -2.01. The quantitative estimate of drug-likeness (QED) is 0.681. The van der Waals surface area contributed by atoms with Crippen molar-refractivity contribution < 1.29 is 22.8 Å². The predicted octanol–water partition coefficient (Wildman–Crippen LogP) is 2.29. The van der Waals surface area contributed by atoms with Crippen molar-refractivity contribution in [2.75, 3.05) is 4.72 Å². The van der Waals surface area contributed by atoms with E-state index < -0.39 is 16.0 Å². The van der Waals surface area contributed by atoms with Gasteiger partial charge in [-0.25, -0.2) is 13.4 Å². The SMILES string of the molecule is O=C(O)Cc1cnc(NS(=O)(=O)c2ccc(-c3ccon3)s2)s1. The van der Waals surface area contributed by atoms with Crippen molar-refractivity contribution in [1.29, 1.82) is 0 Å². The number of aliphatic carboxylic acids is 1. The first kappa shape index (κ1) is 15.6. The number of hydrogen-bond donors (Lipinski definition) is 2. The number of hydrogen-bond acceptors (Lipinski definition) is 8. The molecule has 3 aromatic heterocycles. The fourth-order valence-electron chi connectivity index (χ4n) is 1.69. The zero-order valence-corrected chi connectivity index (χ0v) is 13.7. The van der Waals surface area contributed by atoms with Gasteiger partial charge in [-0.2, -0.15) is 0 Å². The number of nitrogens with zero attached hydrogens (tertiary/aromatic N) is 2. The van der Waals surface area contributed by atoms with Crippen LogP contribution < -0.4 is 4.72 Å².